The van der Waals surface area contributed by atoms with E-state index >= 15 is 0 Å². The van der Waals surface area contributed by atoms with Crippen LogP contribution in [0.15, 0.2) is 23.1 Å². The van der Waals surface area contributed by atoms with Gasteiger partial charge in [-0.3, -0.25) is 4.79 Å². The maximum absolute atomic E-state index is 10.9. The van der Waals surface area contributed by atoms with E-state index in [0.29, 0.717) is 11.3 Å². The molecule has 0 unspecified atom stereocenters. The van der Waals surface area contributed by atoms with Crippen LogP contribution in [0.4, 0.5) is 0 Å². The molecule has 0 aliphatic rings. The molecular weight excluding hydrogens is 238 g/mol. The molecule has 0 aromatic heterocycles. The molecule has 1 aromatic rings. The van der Waals surface area contributed by atoms with Gasteiger partial charge in [0.15, 0.2) is 5.78 Å². The molecular formula is C9H10O2SZn+2. The number of ether oxygens (including phenoxy) is 1. The van der Waals surface area contributed by atoms with Crippen LogP contribution < -0.4 is 4.74 Å². The molecule has 0 spiro atoms. The van der Waals surface area contributed by atoms with Gasteiger partial charge in [-0.05, 0) is 19.1 Å². The SMILES string of the molecule is COc1cc(C(C)=O)ccc1S.[Zn+2]. The van der Waals surface area contributed by atoms with Gasteiger partial charge in [0, 0.05) is 10.5 Å². The second-order valence-corrected chi connectivity index (χ2v) is 2.92. The van der Waals surface area contributed by atoms with Crippen molar-refractivity contribution in [2.45, 2.75) is 11.8 Å². The Morgan fingerprint density at radius 1 is 1.46 bits per heavy atom. The predicted molar refractivity (Wildman–Crippen MR) is 50.3 cm³/mol. The number of methoxy groups -OCH3 is 1. The molecule has 4 heteroatoms. The van der Waals surface area contributed by atoms with Crippen LogP contribution in [0.2, 0.25) is 0 Å². The van der Waals surface area contributed by atoms with Crippen molar-refractivity contribution >= 4 is 18.4 Å². The van der Waals surface area contributed by atoms with Crippen LogP contribution in [-0.4, -0.2) is 12.9 Å². The first-order valence-electron chi connectivity index (χ1n) is 3.53. The van der Waals surface area contributed by atoms with Gasteiger partial charge in [0.25, 0.3) is 0 Å². The summed E-state index contributed by atoms with van der Waals surface area (Å²) in [6.45, 7) is 1.52. The van der Waals surface area contributed by atoms with E-state index in [0.717, 1.165) is 4.90 Å². The fourth-order valence-electron chi connectivity index (χ4n) is 0.897. The number of carbonyl (C=O) groups excluding carboxylic acids is 1. The standard InChI is InChI=1S/C9H10O2S.Zn/c1-6(10)7-3-4-9(12)8(5-7)11-2;/h3-5,12H,1-2H3;/q;+2. The first-order chi connectivity index (χ1) is 5.65. The minimum atomic E-state index is 0. The van der Waals surface area contributed by atoms with E-state index in [1.54, 1.807) is 25.3 Å². The van der Waals surface area contributed by atoms with Crippen molar-refractivity contribution in [2.75, 3.05) is 7.11 Å². The zero-order chi connectivity index (χ0) is 9.14. The number of benzene rings is 1. The van der Waals surface area contributed by atoms with Gasteiger partial charge in [-0.15, -0.1) is 12.6 Å². The van der Waals surface area contributed by atoms with Gasteiger partial charge >= 0.3 is 19.5 Å². The molecule has 0 bridgehead atoms. The summed E-state index contributed by atoms with van der Waals surface area (Å²) in [5.74, 6) is 0.660. The summed E-state index contributed by atoms with van der Waals surface area (Å²) in [4.78, 5) is 11.7. The van der Waals surface area contributed by atoms with Gasteiger partial charge in [-0.1, -0.05) is 6.07 Å². The quantitative estimate of drug-likeness (QED) is 0.493. The Balaban J connectivity index is 0.00000144. The smallest absolute Gasteiger partial charge is 0.496 e. The van der Waals surface area contributed by atoms with E-state index in [2.05, 4.69) is 12.6 Å². The molecule has 1 aromatic carbocycles. The predicted octanol–water partition coefficient (Wildman–Crippen LogP) is 2.18. The Labute approximate surface area is 95.8 Å². The Kier molecular flexibility index (Phi) is 5.27. The third kappa shape index (κ3) is 3.13. The molecule has 0 saturated carbocycles. The Hall–Kier alpha value is -0.337. The Bertz CT molecular complexity index is 312. The van der Waals surface area contributed by atoms with Crippen LogP contribution in [0, 0.1) is 0 Å². The summed E-state index contributed by atoms with van der Waals surface area (Å²) in [6, 6.07) is 5.16. The van der Waals surface area contributed by atoms with Crippen molar-refractivity contribution < 1.29 is 29.0 Å². The molecule has 0 aliphatic heterocycles. The van der Waals surface area contributed by atoms with E-state index in [-0.39, 0.29) is 25.3 Å². The van der Waals surface area contributed by atoms with Gasteiger partial charge in [0.05, 0.1) is 7.11 Å². The van der Waals surface area contributed by atoms with Gasteiger partial charge in [0.2, 0.25) is 0 Å². The molecule has 0 fully saturated rings. The topological polar surface area (TPSA) is 26.3 Å². The van der Waals surface area contributed by atoms with Gasteiger partial charge < -0.3 is 4.74 Å². The van der Waals surface area contributed by atoms with E-state index in [1.165, 1.54) is 6.92 Å². The average Bonchev–Trinajstić information content (AvgIpc) is 2.05. The summed E-state index contributed by atoms with van der Waals surface area (Å²) in [7, 11) is 1.55. The molecule has 13 heavy (non-hydrogen) atoms. The van der Waals surface area contributed by atoms with E-state index < -0.39 is 0 Å². The van der Waals surface area contributed by atoms with Crippen LogP contribution in [-0.2, 0) is 19.5 Å². The molecule has 0 radical (unpaired) electrons. The molecule has 0 amide bonds. The second kappa shape index (κ2) is 5.41. The summed E-state index contributed by atoms with van der Waals surface area (Å²) in [5, 5.41) is 0. The third-order valence-electron chi connectivity index (χ3n) is 1.59. The summed E-state index contributed by atoms with van der Waals surface area (Å²) in [6.07, 6.45) is 0. The van der Waals surface area contributed by atoms with Crippen LogP contribution in [0.3, 0.4) is 0 Å². The maximum Gasteiger partial charge on any atom is 2.00 e. The van der Waals surface area contributed by atoms with Gasteiger partial charge in [-0.2, -0.15) is 0 Å². The summed E-state index contributed by atoms with van der Waals surface area (Å²) < 4.78 is 5.01. The van der Waals surface area contributed by atoms with Crippen molar-refractivity contribution in [1.82, 2.24) is 0 Å². The van der Waals surface area contributed by atoms with Gasteiger partial charge in [-0.25, -0.2) is 0 Å². The Morgan fingerprint density at radius 3 is 2.54 bits per heavy atom. The summed E-state index contributed by atoms with van der Waals surface area (Å²) >= 11 is 4.16. The molecule has 1 rings (SSSR count). The fraction of sp³-hybridized carbons (Fsp3) is 0.222. The van der Waals surface area contributed by atoms with Crippen LogP contribution >= 0.6 is 12.6 Å². The van der Waals surface area contributed by atoms with Crippen LogP contribution in [0.5, 0.6) is 5.75 Å². The van der Waals surface area contributed by atoms with Crippen LogP contribution in [0.1, 0.15) is 17.3 Å². The molecule has 2 nitrogen and oxygen atoms in total. The number of rotatable bonds is 2. The maximum atomic E-state index is 10.9. The third-order valence-corrected chi connectivity index (χ3v) is 1.96. The molecule has 0 aliphatic carbocycles. The number of hydrogen-bond donors (Lipinski definition) is 1. The van der Waals surface area contributed by atoms with E-state index in [4.69, 9.17) is 4.74 Å². The van der Waals surface area contributed by atoms with Crippen molar-refractivity contribution in [2.24, 2.45) is 0 Å². The minimum absolute atomic E-state index is 0. The second-order valence-electron chi connectivity index (χ2n) is 2.44. The zero-order valence-corrected chi connectivity index (χ0v) is 11.6. The number of ketones is 1. The van der Waals surface area contributed by atoms with Crippen molar-refractivity contribution in [3.8, 4) is 5.75 Å². The molecule has 0 N–H and O–H groups in total. The van der Waals surface area contributed by atoms with E-state index in [9.17, 15) is 4.79 Å². The van der Waals surface area contributed by atoms with Crippen molar-refractivity contribution in [3.63, 3.8) is 0 Å². The zero-order valence-electron chi connectivity index (χ0n) is 7.70. The largest absolute Gasteiger partial charge is 2.00 e. The molecule has 0 saturated heterocycles. The first kappa shape index (κ1) is 12.7. The summed E-state index contributed by atoms with van der Waals surface area (Å²) in [5.41, 5.74) is 0.643. The average molecular weight is 248 g/mol. The van der Waals surface area contributed by atoms with E-state index in [1.807, 2.05) is 0 Å². The molecule has 64 valence electrons. The monoisotopic (exact) mass is 246 g/mol. The first-order valence-corrected chi connectivity index (χ1v) is 3.98. The fourth-order valence-corrected chi connectivity index (χ4v) is 1.13. The minimum Gasteiger partial charge on any atom is -0.496 e. The van der Waals surface area contributed by atoms with Crippen LogP contribution in [0.25, 0.3) is 0 Å². The molecule has 0 heterocycles. The number of carbonyl (C=O) groups is 1. The Morgan fingerprint density at radius 2 is 2.08 bits per heavy atom. The number of thiol groups is 1. The molecule has 0 atom stereocenters. The van der Waals surface area contributed by atoms with Crippen molar-refractivity contribution in [3.05, 3.63) is 23.8 Å². The van der Waals surface area contributed by atoms with Crippen molar-refractivity contribution in [1.29, 1.82) is 0 Å². The number of hydrogen-bond acceptors (Lipinski definition) is 3. The normalized spacial score (nSPS) is 8.85. The number of Topliss-reactive ketones (excluding diaryl/α,β-unsaturated/α-hetero) is 1. The van der Waals surface area contributed by atoms with Gasteiger partial charge in [0.1, 0.15) is 5.75 Å².